The molecule has 0 saturated carbocycles. The second-order valence-corrected chi connectivity index (χ2v) is 7.67. The van der Waals surface area contributed by atoms with E-state index in [1.165, 1.54) is 29.2 Å². The highest BCUT2D eigenvalue weighted by Crippen LogP contribution is 2.42. The van der Waals surface area contributed by atoms with Gasteiger partial charge in [-0.25, -0.2) is 4.39 Å². The summed E-state index contributed by atoms with van der Waals surface area (Å²) in [4.78, 5) is 31.4. The fraction of sp³-hybridized carbons (Fsp3) is 0.160. The molecule has 0 radical (unpaired) electrons. The number of rotatable bonds is 4. The molecule has 0 unspecified atom stereocenters. The first-order valence-corrected chi connectivity index (χ1v) is 10.4. The third-order valence-corrected chi connectivity index (χ3v) is 5.63. The van der Waals surface area contributed by atoms with Gasteiger partial charge in [0, 0.05) is 30.1 Å². The van der Waals surface area contributed by atoms with Crippen LogP contribution in [0.25, 0.3) is 5.76 Å². The number of halogens is 1. The van der Waals surface area contributed by atoms with Gasteiger partial charge in [-0.3, -0.25) is 14.6 Å². The number of carbonyl (C=O) groups excluding carboxylic acids is 2. The molecule has 1 saturated heterocycles. The van der Waals surface area contributed by atoms with Crippen molar-refractivity contribution in [2.75, 3.05) is 13.2 Å². The lowest BCUT2D eigenvalue weighted by Crippen LogP contribution is -2.29. The van der Waals surface area contributed by atoms with Gasteiger partial charge < -0.3 is 19.5 Å². The van der Waals surface area contributed by atoms with Gasteiger partial charge in [-0.05, 0) is 35.9 Å². The molecule has 3 aromatic rings. The third-order valence-electron chi connectivity index (χ3n) is 5.63. The molecule has 1 aromatic heterocycles. The molecule has 2 aliphatic rings. The molecule has 8 heteroatoms. The van der Waals surface area contributed by atoms with Gasteiger partial charge in [-0.15, -0.1) is 0 Å². The number of carbonyl (C=O) groups is 2. The van der Waals surface area contributed by atoms with Gasteiger partial charge in [0.05, 0.1) is 11.6 Å². The van der Waals surface area contributed by atoms with Crippen molar-refractivity contribution in [2.45, 2.75) is 12.6 Å². The van der Waals surface area contributed by atoms with E-state index in [0.717, 1.165) is 0 Å². The average molecular weight is 446 g/mol. The van der Waals surface area contributed by atoms with Crippen LogP contribution >= 0.6 is 0 Å². The summed E-state index contributed by atoms with van der Waals surface area (Å²) in [7, 11) is 0. The summed E-state index contributed by atoms with van der Waals surface area (Å²) in [6.07, 6.45) is 3.16. The van der Waals surface area contributed by atoms with Crippen LogP contribution in [0.1, 0.15) is 22.7 Å². The number of amides is 1. The van der Waals surface area contributed by atoms with E-state index in [-0.39, 0.29) is 23.2 Å². The van der Waals surface area contributed by atoms with Gasteiger partial charge in [0.2, 0.25) is 0 Å². The highest BCUT2D eigenvalue weighted by atomic mass is 19.1. The summed E-state index contributed by atoms with van der Waals surface area (Å²) in [6.45, 7) is 0.780. The quantitative estimate of drug-likeness (QED) is 0.374. The van der Waals surface area contributed by atoms with Gasteiger partial charge in [0.15, 0.2) is 11.5 Å². The number of aromatic nitrogens is 1. The molecule has 1 N–H and O–H groups in total. The lowest BCUT2D eigenvalue weighted by atomic mass is 9.94. The molecular formula is C25H19FN2O5. The molecule has 1 fully saturated rings. The summed E-state index contributed by atoms with van der Waals surface area (Å²) in [6, 6.07) is 13.0. The molecular weight excluding hydrogens is 427 g/mol. The molecule has 2 aromatic carbocycles. The van der Waals surface area contributed by atoms with Crippen molar-refractivity contribution >= 4 is 17.4 Å². The first-order chi connectivity index (χ1) is 16.0. The summed E-state index contributed by atoms with van der Waals surface area (Å²) in [5, 5.41) is 11.2. The van der Waals surface area contributed by atoms with Crippen molar-refractivity contribution in [2.24, 2.45) is 0 Å². The van der Waals surface area contributed by atoms with Crippen LogP contribution in [0.5, 0.6) is 11.5 Å². The molecule has 0 aliphatic carbocycles. The number of hydrogen-bond donors (Lipinski definition) is 1. The Morgan fingerprint density at radius 3 is 2.61 bits per heavy atom. The standard InChI is InChI=1S/C25H19FN2O5/c26-18-6-2-1-5-17(18)22-21(23(29)16-7-8-19-20(12-16)33-11-10-32-19)24(30)25(31)28(22)14-15-4-3-9-27-13-15/h1-9,12-13,22,29H,10-11,14H2/t22-/m1/s1. The number of nitrogens with zero attached hydrogens (tertiary/aromatic N) is 2. The van der Waals surface area contributed by atoms with Crippen LogP contribution < -0.4 is 9.47 Å². The minimum absolute atomic E-state index is 0.0231. The Hall–Kier alpha value is -4.20. The molecule has 5 rings (SSSR count). The van der Waals surface area contributed by atoms with E-state index in [4.69, 9.17) is 9.47 Å². The monoisotopic (exact) mass is 446 g/mol. The highest BCUT2D eigenvalue weighted by molar-refractivity contribution is 6.46. The number of likely N-dealkylation sites (tertiary alicyclic amines) is 1. The van der Waals surface area contributed by atoms with E-state index in [0.29, 0.717) is 30.3 Å². The van der Waals surface area contributed by atoms with Crippen LogP contribution in [-0.2, 0) is 16.1 Å². The first kappa shape index (κ1) is 20.7. The number of benzene rings is 2. The minimum Gasteiger partial charge on any atom is -0.507 e. The van der Waals surface area contributed by atoms with Crippen molar-refractivity contribution in [3.8, 4) is 11.5 Å². The lowest BCUT2D eigenvalue weighted by molar-refractivity contribution is -0.140. The number of pyridine rings is 1. The van der Waals surface area contributed by atoms with E-state index < -0.39 is 29.3 Å². The van der Waals surface area contributed by atoms with Crippen molar-refractivity contribution in [3.63, 3.8) is 0 Å². The van der Waals surface area contributed by atoms with E-state index in [2.05, 4.69) is 4.98 Å². The predicted octanol–water partition coefficient (Wildman–Crippen LogP) is 3.61. The molecule has 0 spiro atoms. The number of hydrogen-bond acceptors (Lipinski definition) is 6. The van der Waals surface area contributed by atoms with Crippen molar-refractivity contribution < 1.29 is 28.6 Å². The van der Waals surface area contributed by atoms with Crippen LogP contribution in [0.4, 0.5) is 4.39 Å². The first-order valence-electron chi connectivity index (χ1n) is 10.4. The Morgan fingerprint density at radius 2 is 1.85 bits per heavy atom. The smallest absolute Gasteiger partial charge is 0.295 e. The largest absolute Gasteiger partial charge is 0.507 e. The zero-order chi connectivity index (χ0) is 22.9. The number of fused-ring (bicyclic) bond motifs is 1. The number of Topliss-reactive ketones (excluding diaryl/α,β-unsaturated/α-hetero) is 1. The second kappa shape index (κ2) is 8.38. The van der Waals surface area contributed by atoms with Crippen molar-refractivity contribution in [1.29, 1.82) is 0 Å². The van der Waals surface area contributed by atoms with Crippen LogP contribution in [0.3, 0.4) is 0 Å². The maximum Gasteiger partial charge on any atom is 0.295 e. The molecule has 0 bridgehead atoms. The van der Waals surface area contributed by atoms with E-state index >= 15 is 0 Å². The Balaban J connectivity index is 1.65. The average Bonchev–Trinajstić information content (AvgIpc) is 3.09. The Labute approximate surface area is 188 Å². The minimum atomic E-state index is -1.11. The van der Waals surface area contributed by atoms with Gasteiger partial charge in [-0.1, -0.05) is 24.3 Å². The fourth-order valence-electron chi connectivity index (χ4n) is 4.10. The normalized spacial score (nSPS) is 19.1. The van der Waals surface area contributed by atoms with Crippen LogP contribution in [-0.4, -0.2) is 39.9 Å². The summed E-state index contributed by atoms with van der Waals surface area (Å²) < 4.78 is 25.9. The topological polar surface area (TPSA) is 89.0 Å². The fourth-order valence-corrected chi connectivity index (χ4v) is 4.10. The predicted molar refractivity (Wildman–Crippen MR) is 116 cm³/mol. The van der Waals surface area contributed by atoms with Crippen molar-refractivity contribution in [3.05, 3.63) is 95.1 Å². The van der Waals surface area contributed by atoms with Gasteiger partial charge >= 0.3 is 0 Å². The molecule has 7 nitrogen and oxygen atoms in total. The summed E-state index contributed by atoms with van der Waals surface area (Å²) in [5.41, 5.74) is 0.852. The van der Waals surface area contributed by atoms with Crippen molar-refractivity contribution in [1.82, 2.24) is 9.88 Å². The maximum atomic E-state index is 14.9. The summed E-state index contributed by atoms with van der Waals surface area (Å²) >= 11 is 0. The van der Waals surface area contributed by atoms with E-state index in [1.807, 2.05) is 0 Å². The second-order valence-electron chi connectivity index (χ2n) is 7.67. The Kier molecular flexibility index (Phi) is 5.26. The van der Waals surface area contributed by atoms with Crippen LogP contribution in [0, 0.1) is 5.82 Å². The van der Waals surface area contributed by atoms with Gasteiger partial charge in [0.25, 0.3) is 11.7 Å². The zero-order valence-corrected chi connectivity index (χ0v) is 17.4. The number of ketones is 1. The molecule has 1 amide bonds. The Morgan fingerprint density at radius 1 is 1.06 bits per heavy atom. The van der Waals surface area contributed by atoms with Gasteiger partial charge in [0.1, 0.15) is 24.8 Å². The summed E-state index contributed by atoms with van der Waals surface area (Å²) in [5.74, 6) is -1.79. The van der Waals surface area contributed by atoms with Crippen LogP contribution in [0.2, 0.25) is 0 Å². The SMILES string of the molecule is O=C1C(=O)N(Cc2cccnc2)[C@H](c2ccccc2F)C1=C(O)c1ccc2c(c1)OCCO2. The third kappa shape index (κ3) is 3.69. The number of aliphatic hydroxyl groups is 1. The molecule has 33 heavy (non-hydrogen) atoms. The maximum absolute atomic E-state index is 14.9. The zero-order valence-electron chi connectivity index (χ0n) is 17.4. The van der Waals surface area contributed by atoms with E-state index in [9.17, 15) is 19.1 Å². The lowest BCUT2D eigenvalue weighted by Gasteiger charge is -2.25. The molecule has 3 heterocycles. The molecule has 2 aliphatic heterocycles. The number of aliphatic hydroxyl groups excluding tert-OH is 1. The van der Waals surface area contributed by atoms with Crippen LogP contribution in [0.15, 0.2) is 72.6 Å². The van der Waals surface area contributed by atoms with Gasteiger partial charge in [-0.2, -0.15) is 0 Å². The highest BCUT2D eigenvalue weighted by Gasteiger charge is 2.47. The van der Waals surface area contributed by atoms with E-state index in [1.54, 1.807) is 42.7 Å². The molecule has 166 valence electrons. The number of ether oxygens (including phenoxy) is 2. The Bertz CT molecular complexity index is 1270. The molecule has 1 atom stereocenters.